The molecule has 0 atom stereocenters. The van der Waals surface area contributed by atoms with Crippen LogP contribution in [0.5, 0.6) is 5.75 Å². The van der Waals surface area contributed by atoms with Crippen LogP contribution in [0, 0.1) is 5.82 Å². The second kappa shape index (κ2) is 4.42. The number of carbonyl (C=O) groups is 1. The van der Waals surface area contributed by atoms with Gasteiger partial charge in [0.1, 0.15) is 6.42 Å². The Labute approximate surface area is 89.5 Å². The summed E-state index contributed by atoms with van der Waals surface area (Å²) in [6.45, 7) is 0. The van der Waals surface area contributed by atoms with Crippen molar-refractivity contribution in [3.8, 4) is 5.75 Å². The maximum Gasteiger partial charge on any atom is 0.309 e. The Morgan fingerprint density at radius 1 is 1.50 bits per heavy atom. The van der Waals surface area contributed by atoms with Gasteiger partial charge in [-0.25, -0.2) is 13.2 Å². The highest BCUT2D eigenvalue weighted by Crippen LogP contribution is 2.33. The third kappa shape index (κ3) is 2.65. The summed E-state index contributed by atoms with van der Waals surface area (Å²) in [4.78, 5) is 10.2. The van der Waals surface area contributed by atoms with Crippen LogP contribution in [0.25, 0.3) is 0 Å². The number of carboxylic acids is 1. The Hall–Kier alpha value is -1.72. The van der Waals surface area contributed by atoms with Crippen molar-refractivity contribution < 1.29 is 27.8 Å². The zero-order valence-electron chi connectivity index (χ0n) is 8.34. The quantitative estimate of drug-likeness (QED) is 0.870. The van der Waals surface area contributed by atoms with Gasteiger partial charge in [0.2, 0.25) is 0 Å². The summed E-state index contributed by atoms with van der Waals surface area (Å²) in [5.41, 5.74) is -0.687. The van der Waals surface area contributed by atoms with E-state index in [0.29, 0.717) is 6.07 Å². The first-order chi connectivity index (χ1) is 7.36. The normalized spacial score (nSPS) is 11.2. The van der Waals surface area contributed by atoms with Gasteiger partial charge in [0.25, 0.3) is 5.92 Å². The second-order valence-corrected chi connectivity index (χ2v) is 3.12. The van der Waals surface area contributed by atoms with Gasteiger partial charge in [-0.1, -0.05) is 0 Å². The number of ether oxygens (including phenoxy) is 1. The van der Waals surface area contributed by atoms with Gasteiger partial charge in [-0.15, -0.1) is 0 Å². The lowest BCUT2D eigenvalue weighted by Gasteiger charge is -2.15. The molecule has 0 aliphatic heterocycles. The lowest BCUT2D eigenvalue weighted by molar-refractivity contribution is -0.145. The zero-order valence-corrected chi connectivity index (χ0v) is 8.34. The average Bonchev–Trinajstić information content (AvgIpc) is 2.15. The summed E-state index contributed by atoms with van der Waals surface area (Å²) < 4.78 is 44.1. The third-order valence-corrected chi connectivity index (χ3v) is 1.95. The number of benzene rings is 1. The van der Waals surface area contributed by atoms with E-state index in [1.165, 1.54) is 7.11 Å². The van der Waals surface area contributed by atoms with E-state index in [0.717, 1.165) is 12.1 Å². The van der Waals surface area contributed by atoms with E-state index in [9.17, 15) is 18.0 Å². The van der Waals surface area contributed by atoms with Gasteiger partial charge in [-0.2, -0.15) is 0 Å². The first kappa shape index (κ1) is 12.4. The Morgan fingerprint density at radius 3 is 2.56 bits per heavy atom. The Balaban J connectivity index is 3.04. The van der Waals surface area contributed by atoms with E-state index in [4.69, 9.17) is 5.11 Å². The molecular formula is C10H9F3O3. The minimum Gasteiger partial charge on any atom is -0.494 e. The Morgan fingerprint density at radius 2 is 2.12 bits per heavy atom. The van der Waals surface area contributed by atoms with Gasteiger partial charge in [0, 0.05) is 5.56 Å². The van der Waals surface area contributed by atoms with Crippen molar-refractivity contribution in [3.63, 3.8) is 0 Å². The maximum atomic E-state index is 13.2. The van der Waals surface area contributed by atoms with Gasteiger partial charge in [-0.05, 0) is 18.2 Å². The molecule has 0 fully saturated rings. The molecule has 0 radical (unpaired) electrons. The van der Waals surface area contributed by atoms with Crippen LogP contribution in [-0.2, 0) is 10.7 Å². The summed E-state index contributed by atoms with van der Waals surface area (Å²) in [5.74, 6) is -6.37. The average molecular weight is 234 g/mol. The number of aliphatic carboxylic acids is 1. The van der Waals surface area contributed by atoms with E-state index in [1.54, 1.807) is 0 Å². The summed E-state index contributed by atoms with van der Waals surface area (Å²) in [7, 11) is 1.20. The molecular weight excluding hydrogens is 225 g/mol. The number of hydrogen-bond acceptors (Lipinski definition) is 2. The molecule has 0 saturated carbocycles. The maximum absolute atomic E-state index is 13.2. The molecule has 0 heterocycles. The molecule has 1 N–H and O–H groups in total. The summed E-state index contributed by atoms with van der Waals surface area (Å²) >= 11 is 0. The van der Waals surface area contributed by atoms with Gasteiger partial charge in [-0.3, -0.25) is 4.79 Å². The third-order valence-electron chi connectivity index (χ3n) is 1.95. The predicted octanol–water partition coefficient (Wildman–Crippen LogP) is 2.40. The number of methoxy groups -OCH3 is 1. The minimum absolute atomic E-state index is 0.171. The van der Waals surface area contributed by atoms with Crippen LogP contribution in [0.2, 0.25) is 0 Å². The topological polar surface area (TPSA) is 46.5 Å². The fraction of sp³-hybridized carbons (Fsp3) is 0.300. The van der Waals surface area contributed by atoms with Crippen LogP contribution in [0.4, 0.5) is 13.2 Å². The number of hydrogen-bond donors (Lipinski definition) is 1. The van der Waals surface area contributed by atoms with Crippen LogP contribution in [0.1, 0.15) is 12.0 Å². The molecule has 0 aliphatic rings. The molecule has 1 rings (SSSR count). The molecule has 0 bridgehead atoms. The van der Waals surface area contributed by atoms with Crippen molar-refractivity contribution in [3.05, 3.63) is 29.6 Å². The lowest BCUT2D eigenvalue weighted by Crippen LogP contribution is -2.18. The fourth-order valence-corrected chi connectivity index (χ4v) is 1.19. The fourth-order valence-electron chi connectivity index (χ4n) is 1.19. The number of halogens is 3. The van der Waals surface area contributed by atoms with Gasteiger partial charge in [0.15, 0.2) is 11.6 Å². The standard InChI is InChI=1S/C10H9F3O3/c1-16-8-3-2-6(4-7(8)11)10(12,13)5-9(14)15/h2-4H,5H2,1H3,(H,14,15). The van der Waals surface area contributed by atoms with Crippen molar-refractivity contribution >= 4 is 5.97 Å². The van der Waals surface area contributed by atoms with Crippen LogP contribution in [0.15, 0.2) is 18.2 Å². The number of rotatable bonds is 4. The van der Waals surface area contributed by atoms with Crippen molar-refractivity contribution in [2.75, 3.05) is 7.11 Å². The molecule has 16 heavy (non-hydrogen) atoms. The largest absolute Gasteiger partial charge is 0.494 e. The van der Waals surface area contributed by atoms with Crippen LogP contribution >= 0.6 is 0 Å². The van der Waals surface area contributed by atoms with E-state index >= 15 is 0 Å². The number of alkyl halides is 2. The van der Waals surface area contributed by atoms with Crippen molar-refractivity contribution in [2.45, 2.75) is 12.3 Å². The molecule has 0 aliphatic carbocycles. The zero-order chi connectivity index (χ0) is 12.3. The highest BCUT2D eigenvalue weighted by Gasteiger charge is 2.35. The van der Waals surface area contributed by atoms with Crippen LogP contribution in [0.3, 0.4) is 0 Å². The highest BCUT2D eigenvalue weighted by atomic mass is 19.3. The summed E-state index contributed by atoms with van der Waals surface area (Å²) in [6.07, 6.45) is -1.38. The molecule has 6 heteroatoms. The molecule has 1 aromatic carbocycles. The van der Waals surface area contributed by atoms with Crippen molar-refractivity contribution in [1.29, 1.82) is 0 Å². The first-order valence-corrected chi connectivity index (χ1v) is 4.30. The van der Waals surface area contributed by atoms with Crippen LogP contribution in [-0.4, -0.2) is 18.2 Å². The van der Waals surface area contributed by atoms with Crippen LogP contribution < -0.4 is 4.74 Å². The van der Waals surface area contributed by atoms with Crippen molar-refractivity contribution in [2.24, 2.45) is 0 Å². The summed E-state index contributed by atoms with van der Waals surface area (Å²) in [6, 6.07) is 2.53. The Kier molecular flexibility index (Phi) is 3.41. The second-order valence-electron chi connectivity index (χ2n) is 3.12. The van der Waals surface area contributed by atoms with Crippen molar-refractivity contribution in [1.82, 2.24) is 0 Å². The highest BCUT2D eigenvalue weighted by molar-refractivity contribution is 5.68. The molecule has 0 saturated heterocycles. The van der Waals surface area contributed by atoms with E-state index in [1.807, 2.05) is 0 Å². The van der Waals surface area contributed by atoms with E-state index in [2.05, 4.69) is 4.74 Å². The smallest absolute Gasteiger partial charge is 0.309 e. The molecule has 0 amide bonds. The van der Waals surface area contributed by atoms with E-state index in [-0.39, 0.29) is 5.75 Å². The van der Waals surface area contributed by atoms with Gasteiger partial charge >= 0.3 is 5.97 Å². The molecule has 88 valence electrons. The predicted molar refractivity (Wildman–Crippen MR) is 49.1 cm³/mol. The summed E-state index contributed by atoms with van der Waals surface area (Å²) in [5, 5.41) is 8.28. The molecule has 1 aromatic rings. The first-order valence-electron chi connectivity index (χ1n) is 4.30. The molecule has 0 unspecified atom stereocenters. The molecule has 0 spiro atoms. The monoisotopic (exact) mass is 234 g/mol. The molecule has 3 nitrogen and oxygen atoms in total. The lowest BCUT2D eigenvalue weighted by atomic mass is 10.1. The Bertz CT molecular complexity index is 404. The van der Waals surface area contributed by atoms with E-state index < -0.39 is 29.7 Å². The van der Waals surface area contributed by atoms with Gasteiger partial charge < -0.3 is 9.84 Å². The van der Waals surface area contributed by atoms with Gasteiger partial charge in [0.05, 0.1) is 7.11 Å². The molecule has 0 aromatic heterocycles. The number of carboxylic acid groups (broad SMARTS) is 1. The minimum atomic E-state index is -3.60. The SMILES string of the molecule is COc1ccc(C(F)(F)CC(=O)O)cc1F.